The van der Waals surface area contributed by atoms with Gasteiger partial charge in [-0.1, -0.05) is 30.3 Å². The maximum Gasteiger partial charge on any atom is 0.345 e. The molecule has 2 aromatic carbocycles. The van der Waals surface area contributed by atoms with Gasteiger partial charge in [-0.05, 0) is 5.56 Å². The summed E-state index contributed by atoms with van der Waals surface area (Å²) in [5.41, 5.74) is 1.19. The average Bonchev–Trinajstić information content (AvgIpc) is 2.45. The number of hydrogen-bond donors (Lipinski definition) is 1. The van der Waals surface area contributed by atoms with Gasteiger partial charge in [-0.2, -0.15) is 0 Å². The molecule has 0 atom stereocenters. The third-order valence-electron chi connectivity index (χ3n) is 3.21. The van der Waals surface area contributed by atoms with E-state index in [2.05, 4.69) is 0 Å². The molecule has 3 rings (SSSR count). The highest BCUT2D eigenvalue weighted by Gasteiger charge is 2.34. The van der Waals surface area contributed by atoms with Crippen LogP contribution in [0.4, 0.5) is 0 Å². The van der Waals surface area contributed by atoms with Gasteiger partial charge in [-0.15, -0.1) is 0 Å². The summed E-state index contributed by atoms with van der Waals surface area (Å²) in [7, 11) is 0. The van der Waals surface area contributed by atoms with E-state index in [4.69, 9.17) is 14.2 Å². The Labute approximate surface area is 128 Å². The van der Waals surface area contributed by atoms with Crippen molar-refractivity contribution in [3.05, 3.63) is 53.6 Å². The minimum atomic E-state index is -1.05. The lowest BCUT2D eigenvalue weighted by molar-refractivity contribution is -0.127. The van der Waals surface area contributed by atoms with Crippen LogP contribution in [-0.2, 0) is 11.3 Å². The number of phenolic OH excluding ortho intramolecular Hbond substituents is 1. The predicted molar refractivity (Wildman–Crippen MR) is 79.0 cm³/mol. The monoisotopic (exact) mass is 300 g/mol. The zero-order valence-corrected chi connectivity index (χ0v) is 12.3. The van der Waals surface area contributed by atoms with E-state index in [9.17, 15) is 9.90 Å². The zero-order chi connectivity index (χ0) is 15.7. The Bertz CT molecular complexity index is 706. The van der Waals surface area contributed by atoms with E-state index in [0.717, 1.165) is 5.56 Å². The van der Waals surface area contributed by atoms with Crippen LogP contribution in [0.15, 0.2) is 42.5 Å². The number of aromatic hydroxyl groups is 1. The van der Waals surface area contributed by atoms with Gasteiger partial charge in [0.1, 0.15) is 17.9 Å². The molecule has 2 aromatic rings. The Morgan fingerprint density at radius 3 is 2.59 bits per heavy atom. The number of benzene rings is 2. The Morgan fingerprint density at radius 1 is 1.14 bits per heavy atom. The van der Waals surface area contributed by atoms with Crippen molar-refractivity contribution in [3.63, 3.8) is 0 Å². The number of phenols is 1. The van der Waals surface area contributed by atoms with Crippen LogP contribution in [0.25, 0.3) is 0 Å². The van der Waals surface area contributed by atoms with Crippen LogP contribution in [-0.4, -0.2) is 16.9 Å². The van der Waals surface area contributed by atoms with E-state index in [-0.39, 0.29) is 29.4 Å². The lowest BCUT2D eigenvalue weighted by atomic mass is 10.1. The second-order valence-electron chi connectivity index (χ2n) is 5.48. The minimum Gasteiger partial charge on any atom is -0.504 e. The van der Waals surface area contributed by atoms with Crippen LogP contribution in [0, 0.1) is 0 Å². The molecular weight excluding hydrogens is 284 g/mol. The fourth-order valence-electron chi connectivity index (χ4n) is 2.21. The van der Waals surface area contributed by atoms with Crippen molar-refractivity contribution in [1.82, 2.24) is 0 Å². The highest BCUT2D eigenvalue weighted by molar-refractivity contribution is 5.94. The zero-order valence-electron chi connectivity index (χ0n) is 12.3. The van der Waals surface area contributed by atoms with E-state index < -0.39 is 11.8 Å². The molecular formula is C17H16O5. The molecule has 0 saturated heterocycles. The quantitative estimate of drug-likeness (QED) is 0.881. The summed E-state index contributed by atoms with van der Waals surface area (Å²) in [4.78, 5) is 12.0. The number of carbonyl (C=O) groups excluding carboxylic acids is 1. The number of esters is 1. The van der Waals surface area contributed by atoms with E-state index in [1.165, 1.54) is 12.1 Å². The van der Waals surface area contributed by atoms with Crippen molar-refractivity contribution >= 4 is 5.97 Å². The van der Waals surface area contributed by atoms with Crippen LogP contribution in [0.2, 0.25) is 0 Å². The molecule has 0 fully saturated rings. The van der Waals surface area contributed by atoms with Gasteiger partial charge in [0.2, 0.25) is 5.79 Å². The number of ether oxygens (including phenoxy) is 3. The summed E-state index contributed by atoms with van der Waals surface area (Å²) < 4.78 is 16.3. The SMILES string of the molecule is CC1(C)OC(=O)c2cc(OCc3ccccc3)c(O)cc2O1. The molecule has 0 aromatic heterocycles. The summed E-state index contributed by atoms with van der Waals surface area (Å²) in [6, 6.07) is 12.3. The van der Waals surface area contributed by atoms with Crippen molar-refractivity contribution in [3.8, 4) is 17.2 Å². The Morgan fingerprint density at radius 2 is 1.86 bits per heavy atom. The second-order valence-corrected chi connectivity index (χ2v) is 5.48. The number of rotatable bonds is 3. The first kappa shape index (κ1) is 14.3. The van der Waals surface area contributed by atoms with Crippen molar-refractivity contribution in [2.24, 2.45) is 0 Å². The van der Waals surface area contributed by atoms with E-state index in [0.29, 0.717) is 0 Å². The van der Waals surface area contributed by atoms with Crippen LogP contribution in [0.3, 0.4) is 0 Å². The first-order valence-corrected chi connectivity index (χ1v) is 6.91. The first-order valence-electron chi connectivity index (χ1n) is 6.91. The number of carbonyl (C=O) groups is 1. The van der Waals surface area contributed by atoms with E-state index >= 15 is 0 Å². The molecule has 1 heterocycles. The third-order valence-corrected chi connectivity index (χ3v) is 3.21. The van der Waals surface area contributed by atoms with Gasteiger partial charge in [0.25, 0.3) is 0 Å². The largest absolute Gasteiger partial charge is 0.504 e. The molecule has 1 N–H and O–H groups in total. The molecule has 22 heavy (non-hydrogen) atoms. The van der Waals surface area contributed by atoms with Gasteiger partial charge in [-0.25, -0.2) is 4.79 Å². The summed E-state index contributed by atoms with van der Waals surface area (Å²) in [5.74, 6) is -1.15. The Balaban J connectivity index is 1.85. The molecule has 5 nitrogen and oxygen atoms in total. The Kier molecular flexibility index (Phi) is 3.41. The highest BCUT2D eigenvalue weighted by atomic mass is 16.7. The van der Waals surface area contributed by atoms with Gasteiger partial charge in [0.05, 0.1) is 0 Å². The number of fused-ring (bicyclic) bond motifs is 1. The molecule has 0 radical (unpaired) electrons. The second kappa shape index (κ2) is 5.26. The van der Waals surface area contributed by atoms with Crippen LogP contribution < -0.4 is 9.47 Å². The fourth-order valence-corrected chi connectivity index (χ4v) is 2.21. The van der Waals surface area contributed by atoms with Gasteiger partial charge in [-0.3, -0.25) is 0 Å². The van der Waals surface area contributed by atoms with E-state index in [1.54, 1.807) is 13.8 Å². The van der Waals surface area contributed by atoms with Gasteiger partial charge >= 0.3 is 5.97 Å². The van der Waals surface area contributed by atoms with E-state index in [1.807, 2.05) is 30.3 Å². The third kappa shape index (κ3) is 2.83. The molecule has 0 unspecified atom stereocenters. The predicted octanol–water partition coefficient (Wildman–Crippen LogP) is 3.26. The molecule has 1 aliphatic heterocycles. The van der Waals surface area contributed by atoms with Gasteiger partial charge in [0, 0.05) is 26.0 Å². The molecule has 0 bridgehead atoms. The standard InChI is InChI=1S/C17H16O5/c1-17(2)21-14-9-13(18)15(8-12(14)16(19)22-17)20-10-11-6-4-3-5-7-11/h3-9,18H,10H2,1-2H3. The van der Waals surface area contributed by atoms with Crippen molar-refractivity contribution < 1.29 is 24.1 Å². The topological polar surface area (TPSA) is 65.0 Å². The Hall–Kier alpha value is -2.69. The van der Waals surface area contributed by atoms with Crippen LogP contribution in [0.5, 0.6) is 17.2 Å². The highest BCUT2D eigenvalue weighted by Crippen LogP contribution is 2.39. The maximum atomic E-state index is 12.0. The normalized spacial score (nSPS) is 15.5. The molecule has 0 spiro atoms. The lowest BCUT2D eigenvalue weighted by Gasteiger charge is -2.31. The van der Waals surface area contributed by atoms with Crippen LogP contribution >= 0.6 is 0 Å². The van der Waals surface area contributed by atoms with Crippen LogP contribution in [0.1, 0.15) is 29.8 Å². The molecule has 0 aliphatic carbocycles. The van der Waals surface area contributed by atoms with Crippen molar-refractivity contribution in [2.75, 3.05) is 0 Å². The summed E-state index contributed by atoms with van der Waals surface area (Å²) in [6.45, 7) is 3.55. The molecule has 0 amide bonds. The molecule has 0 saturated carbocycles. The maximum absolute atomic E-state index is 12.0. The molecule has 114 valence electrons. The van der Waals surface area contributed by atoms with Gasteiger partial charge in [0.15, 0.2) is 11.5 Å². The summed E-state index contributed by atoms with van der Waals surface area (Å²) in [6.07, 6.45) is 0. The van der Waals surface area contributed by atoms with Crippen molar-refractivity contribution in [1.29, 1.82) is 0 Å². The fraction of sp³-hybridized carbons (Fsp3) is 0.235. The molecule has 1 aliphatic rings. The van der Waals surface area contributed by atoms with Gasteiger partial charge < -0.3 is 19.3 Å². The van der Waals surface area contributed by atoms with Crippen molar-refractivity contribution in [2.45, 2.75) is 26.2 Å². The number of hydrogen-bond acceptors (Lipinski definition) is 5. The molecule has 5 heteroatoms. The minimum absolute atomic E-state index is 0.0832. The first-order chi connectivity index (χ1) is 10.4. The lowest BCUT2D eigenvalue weighted by Crippen LogP contribution is -2.38. The number of cyclic esters (lactones) is 1. The average molecular weight is 300 g/mol. The summed E-state index contributed by atoms with van der Waals surface area (Å²) in [5, 5.41) is 10.0. The summed E-state index contributed by atoms with van der Waals surface area (Å²) >= 11 is 0. The smallest absolute Gasteiger partial charge is 0.345 e.